The first kappa shape index (κ1) is 23.8. The first-order valence-corrected chi connectivity index (χ1v) is 10.9. The molecule has 2 aromatic carbocycles. The summed E-state index contributed by atoms with van der Waals surface area (Å²) in [7, 11) is 6.12. The van der Waals surface area contributed by atoms with E-state index in [1.54, 1.807) is 13.0 Å². The molecule has 0 bridgehead atoms. The molecule has 0 aromatic heterocycles. The van der Waals surface area contributed by atoms with Crippen LogP contribution in [0.15, 0.2) is 12.1 Å². The second-order valence-electron chi connectivity index (χ2n) is 8.64. The maximum Gasteiger partial charge on any atom is 0.303 e. The number of rotatable bonds is 5. The summed E-state index contributed by atoms with van der Waals surface area (Å²) in [4.78, 5) is 12.2. The van der Waals surface area contributed by atoms with Crippen molar-refractivity contribution in [1.29, 1.82) is 0 Å². The van der Waals surface area contributed by atoms with Crippen LogP contribution in [0.25, 0.3) is 11.1 Å². The summed E-state index contributed by atoms with van der Waals surface area (Å²) in [5.41, 5.74) is 1.30. The molecule has 0 amide bonds. The third kappa shape index (κ3) is 3.64. The molecular weight excluding hydrogens is 444 g/mol. The van der Waals surface area contributed by atoms with Gasteiger partial charge in [0.1, 0.15) is 6.10 Å². The molecule has 1 heterocycles. The third-order valence-electron chi connectivity index (χ3n) is 6.60. The lowest BCUT2D eigenvalue weighted by Gasteiger charge is -2.39. The van der Waals surface area contributed by atoms with E-state index in [4.69, 9.17) is 33.2 Å². The van der Waals surface area contributed by atoms with Gasteiger partial charge in [-0.2, -0.15) is 0 Å². The van der Waals surface area contributed by atoms with Gasteiger partial charge in [-0.3, -0.25) is 4.79 Å². The summed E-state index contributed by atoms with van der Waals surface area (Å²) in [5, 5.41) is 11.6. The Morgan fingerprint density at radius 2 is 1.68 bits per heavy atom. The molecular formula is C25H30O9. The van der Waals surface area contributed by atoms with Crippen LogP contribution in [0, 0.1) is 5.92 Å². The molecule has 1 aliphatic carbocycles. The molecule has 9 nitrogen and oxygen atoms in total. The van der Waals surface area contributed by atoms with E-state index in [1.807, 2.05) is 13.0 Å². The number of esters is 1. The zero-order valence-electron chi connectivity index (χ0n) is 20.4. The number of hydrogen-bond donors (Lipinski definition) is 1. The summed E-state index contributed by atoms with van der Waals surface area (Å²) in [5.74, 6) is 1.56. The smallest absolute Gasteiger partial charge is 0.303 e. The zero-order valence-corrected chi connectivity index (χ0v) is 20.4. The molecule has 184 valence electrons. The van der Waals surface area contributed by atoms with E-state index in [9.17, 15) is 9.90 Å². The van der Waals surface area contributed by atoms with Crippen molar-refractivity contribution in [3.05, 3.63) is 23.3 Å². The Morgan fingerprint density at radius 3 is 2.26 bits per heavy atom. The molecule has 0 saturated heterocycles. The SMILES string of the molecule is COc1cc2c(c(OC)c1OC)-c1c(cc3c(c1OC)OCO3)[C@H](OC(C)=O)[C@H](C)[C@@](C)(O)C2. The fourth-order valence-corrected chi connectivity index (χ4v) is 4.82. The predicted octanol–water partition coefficient (Wildman–Crippen LogP) is 3.66. The highest BCUT2D eigenvalue weighted by Crippen LogP contribution is 2.58. The van der Waals surface area contributed by atoms with Crippen molar-refractivity contribution in [1.82, 2.24) is 0 Å². The second kappa shape index (κ2) is 8.79. The van der Waals surface area contributed by atoms with Crippen LogP contribution in [0.1, 0.15) is 38.0 Å². The first-order valence-electron chi connectivity index (χ1n) is 10.9. The van der Waals surface area contributed by atoms with Crippen LogP contribution in [0.2, 0.25) is 0 Å². The Morgan fingerprint density at radius 1 is 1.00 bits per heavy atom. The maximum absolute atomic E-state index is 12.2. The Balaban J connectivity index is 2.20. The summed E-state index contributed by atoms with van der Waals surface area (Å²) < 4.78 is 40.1. The number of carbonyl (C=O) groups excluding carboxylic acids is 1. The first-order chi connectivity index (χ1) is 16.2. The van der Waals surface area contributed by atoms with Gasteiger partial charge in [0.05, 0.1) is 34.0 Å². The summed E-state index contributed by atoms with van der Waals surface area (Å²) in [6, 6.07) is 3.59. The monoisotopic (exact) mass is 474 g/mol. The van der Waals surface area contributed by atoms with Crippen molar-refractivity contribution >= 4 is 5.97 Å². The molecule has 2 aliphatic rings. The molecule has 4 rings (SSSR count). The van der Waals surface area contributed by atoms with Gasteiger partial charge in [0.25, 0.3) is 0 Å². The molecule has 1 aliphatic heterocycles. The van der Waals surface area contributed by atoms with Gasteiger partial charge in [0, 0.05) is 36.0 Å². The number of ether oxygens (including phenoxy) is 7. The van der Waals surface area contributed by atoms with Crippen LogP contribution in [0.4, 0.5) is 0 Å². The lowest BCUT2D eigenvalue weighted by atomic mass is 9.73. The minimum absolute atomic E-state index is 0.0238. The largest absolute Gasteiger partial charge is 0.493 e. The standard InChI is InChI=1S/C25H30O9/c1-12-20(34-13(2)26)15-9-17-22(33-11-32-17)24(31-7)19(15)18-14(10-25(12,3)27)8-16(28-4)21(29-5)23(18)30-6/h8-9,12,20,27H,10-11H2,1-7H3/t12-,20+,25-/m0/s1. The predicted molar refractivity (Wildman–Crippen MR) is 122 cm³/mol. The Labute approximate surface area is 198 Å². The average molecular weight is 475 g/mol. The highest BCUT2D eigenvalue weighted by molar-refractivity contribution is 5.89. The Kier molecular flexibility index (Phi) is 6.16. The van der Waals surface area contributed by atoms with Crippen LogP contribution in [-0.2, 0) is 16.0 Å². The normalized spacial score (nSPS) is 22.6. The van der Waals surface area contributed by atoms with Gasteiger partial charge in [0.2, 0.25) is 18.3 Å². The van der Waals surface area contributed by atoms with Crippen LogP contribution in [0.5, 0.6) is 34.5 Å². The highest BCUT2D eigenvalue weighted by atomic mass is 16.7. The number of carbonyl (C=O) groups is 1. The summed E-state index contributed by atoms with van der Waals surface area (Å²) in [6.07, 6.45) is -0.591. The quantitative estimate of drug-likeness (QED) is 0.651. The number of hydrogen-bond acceptors (Lipinski definition) is 9. The topological polar surface area (TPSA) is 102 Å². The van der Waals surface area contributed by atoms with Gasteiger partial charge < -0.3 is 38.3 Å². The van der Waals surface area contributed by atoms with Gasteiger partial charge >= 0.3 is 5.97 Å². The van der Waals surface area contributed by atoms with Crippen LogP contribution in [0.3, 0.4) is 0 Å². The average Bonchev–Trinajstić information content (AvgIpc) is 3.27. The molecule has 0 fully saturated rings. The van der Waals surface area contributed by atoms with E-state index >= 15 is 0 Å². The van der Waals surface area contributed by atoms with E-state index in [-0.39, 0.29) is 13.2 Å². The minimum atomic E-state index is -1.26. The molecule has 9 heteroatoms. The number of fused-ring (bicyclic) bond motifs is 4. The van der Waals surface area contributed by atoms with Crippen molar-refractivity contribution < 1.29 is 43.1 Å². The molecule has 1 N–H and O–H groups in total. The highest BCUT2D eigenvalue weighted by Gasteiger charge is 2.44. The maximum atomic E-state index is 12.2. The lowest BCUT2D eigenvalue weighted by molar-refractivity contribution is -0.155. The fraction of sp³-hybridized carbons (Fsp3) is 0.480. The van der Waals surface area contributed by atoms with Crippen LogP contribution < -0.4 is 28.4 Å². The molecule has 0 radical (unpaired) electrons. The van der Waals surface area contributed by atoms with Crippen molar-refractivity contribution in [3.63, 3.8) is 0 Å². The van der Waals surface area contributed by atoms with Gasteiger partial charge in [-0.25, -0.2) is 0 Å². The van der Waals surface area contributed by atoms with Gasteiger partial charge in [-0.1, -0.05) is 6.92 Å². The molecule has 0 spiro atoms. The second-order valence-corrected chi connectivity index (χ2v) is 8.64. The van der Waals surface area contributed by atoms with Crippen molar-refractivity contribution in [2.24, 2.45) is 5.92 Å². The van der Waals surface area contributed by atoms with Crippen molar-refractivity contribution in [2.45, 2.75) is 38.9 Å². The van der Waals surface area contributed by atoms with Gasteiger partial charge in [0.15, 0.2) is 23.0 Å². The van der Waals surface area contributed by atoms with E-state index in [1.165, 1.54) is 35.4 Å². The number of methoxy groups -OCH3 is 4. The molecule has 0 saturated carbocycles. The minimum Gasteiger partial charge on any atom is -0.493 e. The van der Waals surface area contributed by atoms with Gasteiger partial charge in [-0.05, 0) is 24.6 Å². The summed E-state index contributed by atoms with van der Waals surface area (Å²) in [6.45, 7) is 4.93. The Bertz CT molecular complexity index is 1120. The number of aliphatic hydroxyl groups is 1. The van der Waals surface area contributed by atoms with Crippen molar-refractivity contribution in [3.8, 4) is 45.6 Å². The van der Waals surface area contributed by atoms with E-state index < -0.39 is 23.6 Å². The van der Waals surface area contributed by atoms with E-state index in [2.05, 4.69) is 0 Å². The number of benzene rings is 2. The molecule has 0 unspecified atom stereocenters. The fourth-order valence-electron chi connectivity index (χ4n) is 4.82. The van der Waals surface area contributed by atoms with Crippen molar-refractivity contribution in [2.75, 3.05) is 35.2 Å². The molecule has 34 heavy (non-hydrogen) atoms. The molecule has 2 aromatic rings. The zero-order chi connectivity index (χ0) is 24.8. The summed E-state index contributed by atoms with van der Waals surface area (Å²) >= 11 is 0. The van der Waals surface area contributed by atoms with E-state index in [0.29, 0.717) is 51.2 Å². The van der Waals surface area contributed by atoms with Crippen LogP contribution in [-0.4, -0.2) is 51.9 Å². The van der Waals surface area contributed by atoms with E-state index in [0.717, 1.165) is 5.56 Å². The van der Waals surface area contributed by atoms with Gasteiger partial charge in [-0.15, -0.1) is 0 Å². The molecule has 3 atom stereocenters. The lowest BCUT2D eigenvalue weighted by Crippen LogP contribution is -2.41. The third-order valence-corrected chi connectivity index (χ3v) is 6.60. The Hall–Kier alpha value is -3.33. The van der Waals surface area contributed by atoms with Crippen LogP contribution >= 0.6 is 0 Å².